The summed E-state index contributed by atoms with van der Waals surface area (Å²) in [7, 11) is 2.02. The van der Waals surface area contributed by atoms with Crippen molar-refractivity contribution in [3.05, 3.63) is 64.6 Å². The molecule has 0 atom stereocenters. The van der Waals surface area contributed by atoms with Crippen LogP contribution in [-0.4, -0.2) is 17.2 Å². The molecule has 3 aromatic rings. The third-order valence-electron chi connectivity index (χ3n) is 3.24. The zero-order valence-electron chi connectivity index (χ0n) is 10.7. The molecule has 0 saturated carbocycles. The lowest BCUT2D eigenvalue weighted by Gasteiger charge is -2.20. The third kappa shape index (κ3) is 2.25. The number of aromatic amines is 2. The van der Waals surface area contributed by atoms with Gasteiger partial charge in [0.25, 0.3) is 5.56 Å². The lowest BCUT2D eigenvalue weighted by atomic mass is 10.1. The summed E-state index contributed by atoms with van der Waals surface area (Å²) in [6, 6.07) is 16.1. The molecular formula is C15H15N3O. The molecule has 2 aromatic carbocycles. The minimum Gasteiger partial charge on any atom is -0.368 e. The number of anilines is 1. The molecule has 0 amide bonds. The highest BCUT2D eigenvalue weighted by atomic mass is 16.1. The fourth-order valence-electron chi connectivity index (χ4n) is 2.34. The van der Waals surface area contributed by atoms with E-state index in [0.717, 1.165) is 11.4 Å². The molecule has 4 heteroatoms. The lowest BCUT2D eigenvalue weighted by Crippen LogP contribution is -2.17. The highest BCUT2D eigenvalue weighted by Crippen LogP contribution is 2.26. The summed E-state index contributed by atoms with van der Waals surface area (Å²) in [5, 5.41) is 7.86. The first-order valence-electron chi connectivity index (χ1n) is 6.19. The number of hydrogen-bond acceptors (Lipinski definition) is 2. The number of rotatable bonds is 3. The van der Waals surface area contributed by atoms with Crippen LogP contribution in [0, 0.1) is 0 Å². The van der Waals surface area contributed by atoms with Gasteiger partial charge in [-0.3, -0.25) is 9.89 Å². The largest absolute Gasteiger partial charge is 0.368 e. The fraction of sp³-hybridized carbons (Fsp3) is 0.133. The Kier molecular flexibility index (Phi) is 2.83. The Morgan fingerprint density at radius 2 is 1.84 bits per heavy atom. The van der Waals surface area contributed by atoms with Crippen LogP contribution in [0.5, 0.6) is 0 Å². The Bertz CT molecular complexity index is 752. The number of aromatic nitrogens is 2. The Labute approximate surface area is 110 Å². The summed E-state index contributed by atoms with van der Waals surface area (Å²) in [4.78, 5) is 13.2. The zero-order chi connectivity index (χ0) is 13.2. The molecule has 0 fully saturated rings. The average Bonchev–Trinajstić information content (AvgIpc) is 2.83. The molecule has 0 aliphatic heterocycles. The van der Waals surface area contributed by atoms with Crippen LogP contribution in [0.2, 0.25) is 0 Å². The predicted octanol–water partition coefficient (Wildman–Crippen LogP) is 2.49. The molecule has 19 heavy (non-hydrogen) atoms. The van der Waals surface area contributed by atoms with Crippen molar-refractivity contribution in [3.8, 4) is 0 Å². The van der Waals surface area contributed by atoms with Gasteiger partial charge in [-0.05, 0) is 11.5 Å². The number of benzene rings is 2. The van der Waals surface area contributed by atoms with E-state index >= 15 is 0 Å². The van der Waals surface area contributed by atoms with Crippen LogP contribution >= 0.6 is 0 Å². The summed E-state index contributed by atoms with van der Waals surface area (Å²) in [6.07, 6.45) is 0. The first-order valence-corrected chi connectivity index (χ1v) is 6.19. The maximum absolute atomic E-state index is 11.1. The molecule has 1 heterocycles. The van der Waals surface area contributed by atoms with Crippen LogP contribution in [0.25, 0.3) is 10.8 Å². The molecule has 2 N–H and O–H groups in total. The smallest absolute Gasteiger partial charge is 0.264 e. The number of fused-ring (bicyclic) bond motifs is 1. The van der Waals surface area contributed by atoms with Gasteiger partial charge in [0.15, 0.2) is 0 Å². The van der Waals surface area contributed by atoms with E-state index in [1.54, 1.807) is 6.07 Å². The fourth-order valence-corrected chi connectivity index (χ4v) is 2.34. The monoisotopic (exact) mass is 253 g/mol. The average molecular weight is 253 g/mol. The van der Waals surface area contributed by atoms with Gasteiger partial charge in [0.2, 0.25) is 0 Å². The minimum absolute atomic E-state index is 0.0960. The highest BCUT2D eigenvalue weighted by Gasteiger charge is 2.07. The molecule has 3 rings (SSSR count). The lowest BCUT2D eigenvalue weighted by molar-refractivity contribution is 0.871. The topological polar surface area (TPSA) is 51.9 Å². The van der Waals surface area contributed by atoms with Gasteiger partial charge in [0.05, 0.1) is 12.2 Å². The van der Waals surface area contributed by atoms with Crippen molar-refractivity contribution in [1.82, 2.24) is 10.2 Å². The van der Waals surface area contributed by atoms with E-state index in [4.69, 9.17) is 0 Å². The molecule has 0 saturated heterocycles. The standard InChI is InChI=1S/C15H15N3O/c1-18(10-12-9-15(19)17-16-12)14-8-4-6-11-5-2-3-7-13(11)14/h2-9H,10H2,1H3,(H2,16,17,19). The molecular weight excluding hydrogens is 238 g/mol. The van der Waals surface area contributed by atoms with Gasteiger partial charge >= 0.3 is 0 Å². The van der Waals surface area contributed by atoms with Gasteiger partial charge in [0, 0.05) is 24.2 Å². The molecule has 1 aromatic heterocycles. The van der Waals surface area contributed by atoms with E-state index in [1.165, 1.54) is 10.8 Å². The predicted molar refractivity (Wildman–Crippen MR) is 77.5 cm³/mol. The number of nitrogens with zero attached hydrogens (tertiary/aromatic N) is 1. The van der Waals surface area contributed by atoms with Gasteiger partial charge in [-0.2, -0.15) is 0 Å². The summed E-state index contributed by atoms with van der Waals surface area (Å²) in [6.45, 7) is 0.659. The highest BCUT2D eigenvalue weighted by molar-refractivity contribution is 5.94. The second kappa shape index (κ2) is 4.65. The Morgan fingerprint density at radius 3 is 2.63 bits per heavy atom. The van der Waals surface area contributed by atoms with Crippen LogP contribution in [-0.2, 0) is 6.54 Å². The maximum Gasteiger partial charge on any atom is 0.264 e. The first kappa shape index (κ1) is 11.6. The van der Waals surface area contributed by atoms with Crippen LogP contribution in [0.1, 0.15) is 5.69 Å². The SMILES string of the molecule is CN(Cc1cc(=O)[nH][nH]1)c1cccc2ccccc12. The van der Waals surface area contributed by atoms with Crippen LogP contribution in [0.3, 0.4) is 0 Å². The van der Waals surface area contributed by atoms with Crippen molar-refractivity contribution >= 4 is 16.5 Å². The van der Waals surface area contributed by atoms with Crippen molar-refractivity contribution in [2.45, 2.75) is 6.54 Å². The molecule has 0 aliphatic rings. The van der Waals surface area contributed by atoms with Gasteiger partial charge in [-0.15, -0.1) is 0 Å². The summed E-state index contributed by atoms with van der Waals surface area (Å²) in [5.74, 6) is 0. The van der Waals surface area contributed by atoms with Crippen molar-refractivity contribution in [1.29, 1.82) is 0 Å². The first-order chi connectivity index (χ1) is 9.24. The van der Waals surface area contributed by atoms with Gasteiger partial charge < -0.3 is 10.00 Å². The molecule has 4 nitrogen and oxygen atoms in total. The van der Waals surface area contributed by atoms with Gasteiger partial charge in [-0.25, -0.2) is 0 Å². The molecule has 0 unspecified atom stereocenters. The van der Waals surface area contributed by atoms with Gasteiger partial charge in [-0.1, -0.05) is 36.4 Å². The van der Waals surface area contributed by atoms with E-state index in [1.807, 2.05) is 25.2 Å². The van der Waals surface area contributed by atoms with Crippen molar-refractivity contribution in [2.24, 2.45) is 0 Å². The Balaban J connectivity index is 1.97. The second-order valence-electron chi connectivity index (χ2n) is 4.64. The molecule has 0 radical (unpaired) electrons. The number of nitrogens with one attached hydrogen (secondary N) is 2. The molecule has 0 aliphatic carbocycles. The van der Waals surface area contributed by atoms with E-state index in [-0.39, 0.29) is 5.56 Å². The van der Waals surface area contributed by atoms with Crippen LogP contribution in [0.4, 0.5) is 5.69 Å². The minimum atomic E-state index is -0.0960. The Hall–Kier alpha value is -2.49. The van der Waals surface area contributed by atoms with E-state index in [2.05, 4.69) is 39.4 Å². The summed E-state index contributed by atoms with van der Waals surface area (Å²) < 4.78 is 0. The van der Waals surface area contributed by atoms with E-state index in [9.17, 15) is 4.79 Å². The Morgan fingerprint density at radius 1 is 1.05 bits per heavy atom. The van der Waals surface area contributed by atoms with Crippen molar-refractivity contribution in [3.63, 3.8) is 0 Å². The van der Waals surface area contributed by atoms with E-state index < -0.39 is 0 Å². The molecule has 0 spiro atoms. The third-order valence-corrected chi connectivity index (χ3v) is 3.24. The number of H-pyrrole nitrogens is 2. The zero-order valence-corrected chi connectivity index (χ0v) is 10.7. The van der Waals surface area contributed by atoms with E-state index in [0.29, 0.717) is 6.54 Å². The normalized spacial score (nSPS) is 10.8. The summed E-state index contributed by atoms with van der Waals surface area (Å²) >= 11 is 0. The van der Waals surface area contributed by atoms with Gasteiger partial charge in [0.1, 0.15) is 0 Å². The summed E-state index contributed by atoms with van der Waals surface area (Å²) in [5.41, 5.74) is 1.93. The molecule has 0 bridgehead atoms. The quantitative estimate of drug-likeness (QED) is 0.753. The second-order valence-corrected chi connectivity index (χ2v) is 4.64. The van der Waals surface area contributed by atoms with Crippen LogP contribution < -0.4 is 10.5 Å². The molecule has 96 valence electrons. The van der Waals surface area contributed by atoms with Crippen LogP contribution in [0.15, 0.2) is 53.3 Å². The van der Waals surface area contributed by atoms with Crippen molar-refractivity contribution < 1.29 is 0 Å². The maximum atomic E-state index is 11.1. The number of hydrogen-bond donors (Lipinski definition) is 2. The van der Waals surface area contributed by atoms with Crippen molar-refractivity contribution in [2.75, 3.05) is 11.9 Å².